The molecule has 0 fully saturated rings. The maximum absolute atomic E-state index is 9.68. The molecule has 0 aromatic rings. The Kier molecular flexibility index (Phi) is 11.8. The summed E-state index contributed by atoms with van der Waals surface area (Å²) in [5, 5.41) is 0. The molecule has 8 heavy (non-hydrogen) atoms. The van der Waals surface area contributed by atoms with Crippen molar-refractivity contribution in [2.75, 3.05) is 6.61 Å². The second-order valence-corrected chi connectivity index (χ2v) is 1.80. The van der Waals surface area contributed by atoms with E-state index >= 15 is 0 Å². The van der Waals surface area contributed by atoms with Gasteiger partial charge in [-0.3, -0.25) is 0 Å². The molecule has 3 nitrogen and oxygen atoms in total. The van der Waals surface area contributed by atoms with E-state index in [4.69, 9.17) is 4.89 Å². The summed E-state index contributed by atoms with van der Waals surface area (Å²) in [6, 6.07) is 0. The topological polar surface area (TPSA) is 46.5 Å². The normalized spacial score (nSPS) is 10.0. The van der Waals surface area contributed by atoms with E-state index < -0.39 is 8.25 Å². The SMILES string of the molecule is CCCO[P+](=O)O.[H-].[Na+]. The molecular formula is C3H9NaO3P+. The van der Waals surface area contributed by atoms with Gasteiger partial charge in [0.25, 0.3) is 0 Å². The van der Waals surface area contributed by atoms with E-state index in [-0.39, 0.29) is 31.0 Å². The summed E-state index contributed by atoms with van der Waals surface area (Å²) in [5.74, 6) is 0. The third-order valence-corrected chi connectivity index (χ3v) is 0.809. The minimum Gasteiger partial charge on any atom is -1.00 e. The van der Waals surface area contributed by atoms with Gasteiger partial charge in [-0.05, 0) is 6.42 Å². The Bertz CT molecular complexity index is 72.1. The quantitative estimate of drug-likeness (QED) is 0.377. The molecule has 0 aliphatic rings. The zero-order valence-corrected chi connectivity index (χ0v) is 8.02. The van der Waals surface area contributed by atoms with Crippen LogP contribution in [-0.2, 0) is 9.09 Å². The second-order valence-electron chi connectivity index (χ2n) is 1.07. The fourth-order valence-electron chi connectivity index (χ4n) is 0.169. The van der Waals surface area contributed by atoms with Crippen LogP contribution in [0.3, 0.4) is 0 Å². The first-order valence-electron chi connectivity index (χ1n) is 2.06. The van der Waals surface area contributed by atoms with E-state index in [1.165, 1.54) is 0 Å². The van der Waals surface area contributed by atoms with Crippen molar-refractivity contribution in [3.8, 4) is 0 Å². The van der Waals surface area contributed by atoms with Crippen molar-refractivity contribution >= 4 is 8.25 Å². The summed E-state index contributed by atoms with van der Waals surface area (Å²) < 4.78 is 13.9. The van der Waals surface area contributed by atoms with E-state index in [0.717, 1.165) is 6.42 Å². The van der Waals surface area contributed by atoms with Crippen molar-refractivity contribution in [3.63, 3.8) is 0 Å². The number of rotatable bonds is 3. The van der Waals surface area contributed by atoms with Gasteiger partial charge >= 0.3 is 37.8 Å². The Morgan fingerprint density at radius 1 is 1.88 bits per heavy atom. The maximum Gasteiger partial charge on any atom is 1.00 e. The minimum atomic E-state index is -2.36. The Balaban J connectivity index is -0.000000180. The van der Waals surface area contributed by atoms with Crippen LogP contribution in [0.1, 0.15) is 14.8 Å². The third-order valence-electron chi connectivity index (χ3n) is 0.406. The van der Waals surface area contributed by atoms with Gasteiger partial charge in [-0.2, -0.15) is 0 Å². The molecule has 0 aliphatic heterocycles. The van der Waals surface area contributed by atoms with Gasteiger partial charge < -0.3 is 1.43 Å². The Morgan fingerprint density at radius 3 is 2.50 bits per heavy atom. The summed E-state index contributed by atoms with van der Waals surface area (Å²) in [7, 11) is -2.36. The van der Waals surface area contributed by atoms with E-state index in [2.05, 4.69) is 4.52 Å². The van der Waals surface area contributed by atoms with Crippen molar-refractivity contribution in [1.29, 1.82) is 0 Å². The van der Waals surface area contributed by atoms with Crippen molar-refractivity contribution in [2.24, 2.45) is 0 Å². The van der Waals surface area contributed by atoms with Crippen molar-refractivity contribution in [3.05, 3.63) is 0 Å². The first-order valence-corrected chi connectivity index (χ1v) is 3.19. The molecule has 0 heterocycles. The van der Waals surface area contributed by atoms with Crippen LogP contribution in [0.25, 0.3) is 0 Å². The molecule has 1 N–H and O–H groups in total. The molecule has 0 saturated carbocycles. The molecule has 0 bridgehead atoms. The van der Waals surface area contributed by atoms with Gasteiger partial charge in [-0.1, -0.05) is 6.92 Å². The van der Waals surface area contributed by atoms with Crippen LogP contribution in [0.15, 0.2) is 0 Å². The van der Waals surface area contributed by atoms with Crippen LogP contribution in [0.5, 0.6) is 0 Å². The summed E-state index contributed by atoms with van der Waals surface area (Å²) in [6.07, 6.45) is 0.779. The van der Waals surface area contributed by atoms with Crippen LogP contribution in [0, 0.1) is 0 Å². The number of hydrogen-bond acceptors (Lipinski definition) is 2. The third kappa shape index (κ3) is 10.1. The van der Waals surface area contributed by atoms with E-state index in [0.29, 0.717) is 6.61 Å². The van der Waals surface area contributed by atoms with Gasteiger partial charge in [0.05, 0.1) is 0 Å². The smallest absolute Gasteiger partial charge is 1.00 e. The predicted octanol–water partition coefficient (Wildman–Crippen LogP) is -1.82. The molecule has 44 valence electrons. The largest absolute Gasteiger partial charge is 1.00 e. The minimum absolute atomic E-state index is 0. The number of hydrogen-bond donors (Lipinski definition) is 1. The molecule has 5 heteroatoms. The summed E-state index contributed by atoms with van der Waals surface area (Å²) in [4.78, 5) is 7.97. The van der Waals surface area contributed by atoms with Crippen molar-refractivity contribution in [1.82, 2.24) is 0 Å². The molecular weight excluding hydrogens is 138 g/mol. The van der Waals surface area contributed by atoms with Gasteiger partial charge in [0.1, 0.15) is 6.61 Å². The summed E-state index contributed by atoms with van der Waals surface area (Å²) >= 11 is 0. The molecule has 0 aliphatic carbocycles. The monoisotopic (exact) mass is 147 g/mol. The molecule has 0 rings (SSSR count). The van der Waals surface area contributed by atoms with Crippen LogP contribution in [0.4, 0.5) is 0 Å². The van der Waals surface area contributed by atoms with Gasteiger partial charge in [0, 0.05) is 4.57 Å². The average Bonchev–Trinajstić information content (AvgIpc) is 1.61. The molecule has 1 atom stereocenters. The van der Waals surface area contributed by atoms with E-state index in [9.17, 15) is 4.57 Å². The zero-order chi connectivity index (χ0) is 5.70. The van der Waals surface area contributed by atoms with E-state index in [1.807, 2.05) is 6.92 Å². The van der Waals surface area contributed by atoms with Crippen LogP contribution >= 0.6 is 8.25 Å². The predicted molar refractivity (Wildman–Crippen MR) is 27.2 cm³/mol. The summed E-state index contributed by atoms with van der Waals surface area (Å²) in [6.45, 7) is 2.24. The average molecular weight is 147 g/mol. The molecule has 1 unspecified atom stereocenters. The fourth-order valence-corrected chi connectivity index (χ4v) is 0.508. The zero-order valence-electron chi connectivity index (χ0n) is 6.13. The van der Waals surface area contributed by atoms with E-state index in [1.54, 1.807) is 0 Å². The molecule has 0 saturated heterocycles. The van der Waals surface area contributed by atoms with Gasteiger partial charge in [0.15, 0.2) is 0 Å². The van der Waals surface area contributed by atoms with Crippen LogP contribution in [-0.4, -0.2) is 11.5 Å². The fraction of sp³-hybridized carbons (Fsp3) is 1.00. The molecule has 0 aromatic carbocycles. The molecule has 0 amide bonds. The summed E-state index contributed by atoms with van der Waals surface area (Å²) in [5.41, 5.74) is 0. The maximum atomic E-state index is 9.68. The molecule has 0 spiro atoms. The van der Waals surface area contributed by atoms with Crippen molar-refractivity contribution in [2.45, 2.75) is 13.3 Å². The van der Waals surface area contributed by atoms with Crippen LogP contribution < -0.4 is 29.6 Å². The second kappa shape index (κ2) is 8.02. The first-order chi connectivity index (χ1) is 3.27. The van der Waals surface area contributed by atoms with Gasteiger partial charge in [0.2, 0.25) is 0 Å². The standard InChI is InChI=1S/C3H7O3P.Na.H/c1-2-3-6-7(4)5;;/h2-3H2,1H3;;/q;+1;-1/p+1. The Labute approximate surface area is 73.2 Å². The molecule has 0 radical (unpaired) electrons. The first kappa shape index (κ1) is 11.8. The Morgan fingerprint density at radius 2 is 2.38 bits per heavy atom. The Hall–Kier alpha value is 1.02. The molecule has 0 aromatic heterocycles. The van der Waals surface area contributed by atoms with Gasteiger partial charge in [-0.15, -0.1) is 9.42 Å². The van der Waals surface area contributed by atoms with Crippen molar-refractivity contribution < 1.29 is 45.0 Å². The van der Waals surface area contributed by atoms with Crippen LogP contribution in [0.2, 0.25) is 0 Å². The van der Waals surface area contributed by atoms with Gasteiger partial charge in [-0.25, -0.2) is 0 Å².